The molecule has 25 heavy (non-hydrogen) atoms. The molecular formula is C19H17BrN2O2S. The molecule has 0 aliphatic carbocycles. The van der Waals surface area contributed by atoms with Crippen molar-refractivity contribution >= 4 is 44.9 Å². The highest BCUT2D eigenvalue weighted by atomic mass is 79.9. The molecule has 0 fully saturated rings. The fourth-order valence-corrected chi connectivity index (χ4v) is 3.40. The van der Waals surface area contributed by atoms with Crippen LogP contribution < -0.4 is 10.6 Å². The molecule has 0 spiro atoms. The van der Waals surface area contributed by atoms with Crippen LogP contribution in [-0.2, 0) is 9.53 Å². The average molecular weight is 417 g/mol. The van der Waals surface area contributed by atoms with Crippen LogP contribution in [0, 0.1) is 0 Å². The van der Waals surface area contributed by atoms with Gasteiger partial charge in [0.05, 0.1) is 23.9 Å². The van der Waals surface area contributed by atoms with Gasteiger partial charge in [-0.25, -0.2) is 4.79 Å². The van der Waals surface area contributed by atoms with Crippen molar-refractivity contribution in [3.8, 4) is 0 Å². The third-order valence-electron chi connectivity index (χ3n) is 3.81. The molecule has 2 N–H and O–H groups in total. The lowest BCUT2D eigenvalue weighted by atomic mass is 9.93. The molecule has 6 heteroatoms. The van der Waals surface area contributed by atoms with Crippen LogP contribution in [-0.4, -0.2) is 17.7 Å². The molecule has 2 aromatic rings. The Morgan fingerprint density at radius 1 is 1.20 bits per heavy atom. The first-order chi connectivity index (χ1) is 12.1. The van der Waals surface area contributed by atoms with E-state index in [1.807, 2.05) is 54.6 Å². The van der Waals surface area contributed by atoms with E-state index in [-0.39, 0.29) is 12.0 Å². The number of benzene rings is 2. The van der Waals surface area contributed by atoms with Crippen LogP contribution in [0.25, 0.3) is 5.70 Å². The summed E-state index contributed by atoms with van der Waals surface area (Å²) in [5.74, 6) is -0.367. The standard InChI is InChI=1S/C19H17BrN2O2S/c1-2-24-18(23)15-16(12-7-4-3-5-8-12)21-19(25)22-17(15)13-9-6-10-14(20)11-13/h3-11,17H,2H2,1H3,(H2,21,22,25)/t17-/m0/s1. The lowest BCUT2D eigenvalue weighted by molar-refractivity contribution is -0.138. The molecule has 1 atom stereocenters. The van der Waals surface area contributed by atoms with Crippen molar-refractivity contribution in [1.82, 2.24) is 10.6 Å². The Labute approximate surface area is 160 Å². The molecule has 0 radical (unpaired) electrons. The minimum atomic E-state index is -0.388. The Kier molecular flexibility index (Phi) is 5.50. The van der Waals surface area contributed by atoms with Crippen molar-refractivity contribution in [1.29, 1.82) is 0 Å². The van der Waals surface area contributed by atoms with E-state index in [9.17, 15) is 4.79 Å². The largest absolute Gasteiger partial charge is 0.463 e. The van der Waals surface area contributed by atoms with E-state index in [1.165, 1.54) is 0 Å². The predicted molar refractivity (Wildman–Crippen MR) is 106 cm³/mol. The zero-order valence-electron chi connectivity index (χ0n) is 13.6. The van der Waals surface area contributed by atoms with Crippen LogP contribution in [0.15, 0.2) is 64.6 Å². The fourth-order valence-electron chi connectivity index (χ4n) is 2.76. The molecule has 3 rings (SSSR count). The third kappa shape index (κ3) is 3.91. The Morgan fingerprint density at radius 2 is 1.96 bits per heavy atom. The quantitative estimate of drug-likeness (QED) is 0.583. The summed E-state index contributed by atoms with van der Waals surface area (Å²) in [6.07, 6.45) is 0. The number of hydrogen-bond donors (Lipinski definition) is 2. The van der Waals surface area contributed by atoms with Crippen LogP contribution in [0.1, 0.15) is 24.1 Å². The summed E-state index contributed by atoms with van der Waals surface area (Å²) < 4.78 is 6.25. The molecule has 1 heterocycles. The van der Waals surface area contributed by atoms with Gasteiger partial charge in [-0.15, -0.1) is 0 Å². The van der Waals surface area contributed by atoms with Crippen LogP contribution in [0.3, 0.4) is 0 Å². The molecule has 0 bridgehead atoms. The minimum absolute atomic E-state index is 0.306. The smallest absolute Gasteiger partial charge is 0.338 e. The van der Waals surface area contributed by atoms with Gasteiger partial charge in [-0.05, 0) is 42.4 Å². The van der Waals surface area contributed by atoms with Gasteiger partial charge >= 0.3 is 5.97 Å². The van der Waals surface area contributed by atoms with Gasteiger partial charge in [0.2, 0.25) is 0 Å². The Bertz CT molecular complexity index is 836. The summed E-state index contributed by atoms with van der Waals surface area (Å²) in [5.41, 5.74) is 3.00. The zero-order chi connectivity index (χ0) is 17.8. The average Bonchev–Trinajstić information content (AvgIpc) is 2.62. The van der Waals surface area contributed by atoms with E-state index in [4.69, 9.17) is 17.0 Å². The molecule has 0 aromatic heterocycles. The molecule has 1 aliphatic heterocycles. The van der Waals surface area contributed by atoms with Gasteiger partial charge in [0, 0.05) is 4.47 Å². The van der Waals surface area contributed by atoms with Crippen molar-refractivity contribution in [2.24, 2.45) is 0 Å². The summed E-state index contributed by atoms with van der Waals surface area (Å²) in [6, 6.07) is 17.1. The summed E-state index contributed by atoms with van der Waals surface area (Å²) in [7, 11) is 0. The number of esters is 1. The number of halogens is 1. The number of thiocarbonyl (C=S) groups is 1. The van der Waals surface area contributed by atoms with E-state index >= 15 is 0 Å². The normalized spacial score (nSPS) is 16.9. The molecular weight excluding hydrogens is 400 g/mol. The van der Waals surface area contributed by atoms with Crippen molar-refractivity contribution in [3.63, 3.8) is 0 Å². The lowest BCUT2D eigenvalue weighted by Crippen LogP contribution is -2.45. The van der Waals surface area contributed by atoms with Gasteiger partial charge in [-0.2, -0.15) is 0 Å². The molecule has 1 aliphatic rings. The van der Waals surface area contributed by atoms with Crippen LogP contribution in [0.4, 0.5) is 0 Å². The molecule has 0 unspecified atom stereocenters. The van der Waals surface area contributed by atoms with Crippen LogP contribution >= 0.6 is 28.1 Å². The van der Waals surface area contributed by atoms with Gasteiger partial charge in [0.15, 0.2) is 5.11 Å². The van der Waals surface area contributed by atoms with E-state index < -0.39 is 0 Å². The lowest BCUT2D eigenvalue weighted by Gasteiger charge is -2.31. The molecule has 0 saturated carbocycles. The van der Waals surface area contributed by atoms with E-state index in [0.29, 0.717) is 23.0 Å². The predicted octanol–water partition coefficient (Wildman–Crippen LogP) is 3.94. The van der Waals surface area contributed by atoms with Crippen molar-refractivity contribution in [2.75, 3.05) is 6.61 Å². The molecule has 0 saturated heterocycles. The van der Waals surface area contributed by atoms with Gasteiger partial charge < -0.3 is 15.4 Å². The van der Waals surface area contributed by atoms with Crippen molar-refractivity contribution in [2.45, 2.75) is 13.0 Å². The van der Waals surface area contributed by atoms with Gasteiger partial charge in [0.25, 0.3) is 0 Å². The Morgan fingerprint density at radius 3 is 2.64 bits per heavy atom. The molecule has 128 valence electrons. The van der Waals surface area contributed by atoms with Crippen LogP contribution in [0.2, 0.25) is 0 Å². The van der Waals surface area contributed by atoms with Crippen LogP contribution in [0.5, 0.6) is 0 Å². The second-order valence-corrected chi connectivity index (χ2v) is 6.79. The number of ether oxygens (including phenoxy) is 1. The number of rotatable bonds is 4. The third-order valence-corrected chi connectivity index (χ3v) is 4.52. The summed E-state index contributed by atoms with van der Waals surface area (Å²) in [6.45, 7) is 2.10. The first kappa shape index (κ1) is 17.6. The molecule has 2 aromatic carbocycles. The Hall–Kier alpha value is -2.18. The van der Waals surface area contributed by atoms with Crippen molar-refractivity contribution in [3.05, 3.63) is 75.8 Å². The highest BCUT2D eigenvalue weighted by Crippen LogP contribution is 2.32. The second kappa shape index (κ2) is 7.80. The van der Waals surface area contributed by atoms with E-state index in [2.05, 4.69) is 26.6 Å². The Balaban J connectivity index is 2.18. The fraction of sp³-hybridized carbons (Fsp3) is 0.158. The maximum absolute atomic E-state index is 12.7. The number of hydrogen-bond acceptors (Lipinski definition) is 3. The topological polar surface area (TPSA) is 50.4 Å². The maximum atomic E-state index is 12.7. The summed E-state index contributed by atoms with van der Waals surface area (Å²) >= 11 is 8.86. The first-order valence-corrected chi connectivity index (χ1v) is 9.10. The van der Waals surface area contributed by atoms with E-state index in [1.54, 1.807) is 6.92 Å². The monoisotopic (exact) mass is 416 g/mol. The van der Waals surface area contributed by atoms with Crippen molar-refractivity contribution < 1.29 is 9.53 Å². The number of carbonyl (C=O) groups excluding carboxylic acids is 1. The summed E-state index contributed by atoms with van der Waals surface area (Å²) in [5, 5.41) is 6.78. The SMILES string of the molecule is CCOC(=O)C1=C(c2ccccc2)NC(=S)N[C@H]1c1cccc(Br)c1. The first-order valence-electron chi connectivity index (χ1n) is 7.90. The van der Waals surface area contributed by atoms with Gasteiger partial charge in [-0.3, -0.25) is 0 Å². The highest BCUT2D eigenvalue weighted by Gasteiger charge is 2.33. The molecule has 0 amide bonds. The summed E-state index contributed by atoms with van der Waals surface area (Å²) in [4.78, 5) is 12.7. The highest BCUT2D eigenvalue weighted by molar-refractivity contribution is 9.10. The van der Waals surface area contributed by atoms with E-state index in [0.717, 1.165) is 15.6 Å². The maximum Gasteiger partial charge on any atom is 0.338 e. The second-order valence-electron chi connectivity index (χ2n) is 5.46. The zero-order valence-corrected chi connectivity index (χ0v) is 16.0. The molecule has 4 nitrogen and oxygen atoms in total. The van der Waals surface area contributed by atoms with Gasteiger partial charge in [0.1, 0.15) is 0 Å². The number of carbonyl (C=O) groups is 1. The number of nitrogens with one attached hydrogen (secondary N) is 2. The van der Waals surface area contributed by atoms with Gasteiger partial charge in [-0.1, -0.05) is 58.4 Å². The minimum Gasteiger partial charge on any atom is -0.463 e.